The van der Waals surface area contributed by atoms with Crippen LogP contribution in [0.5, 0.6) is 0 Å². The van der Waals surface area contributed by atoms with E-state index in [0.717, 1.165) is 0 Å². The van der Waals surface area contributed by atoms with Gasteiger partial charge in [0.25, 0.3) is 0 Å². The molecule has 0 spiro atoms. The fraction of sp³-hybridized carbons (Fsp3) is 0.800. The summed E-state index contributed by atoms with van der Waals surface area (Å²) in [6.07, 6.45) is 6.25. The van der Waals surface area contributed by atoms with Gasteiger partial charge in [-0.2, -0.15) is 0 Å². The Hall–Kier alpha value is 0.220. The smallest absolute Gasteiger partial charge is 0.0654 e. The molecule has 0 aliphatic carbocycles. The molecule has 0 aliphatic heterocycles. The first-order valence-corrected chi connectivity index (χ1v) is 3.44. The maximum Gasteiger partial charge on any atom is 0.128 e. The van der Waals surface area contributed by atoms with E-state index in [1.54, 1.807) is 11.8 Å². The molecule has 0 aromatic heterocycles. The maximum atomic E-state index is 3.64. The van der Waals surface area contributed by atoms with Crippen LogP contribution in [0.4, 0.5) is 0 Å². The van der Waals surface area contributed by atoms with Crippen LogP contribution in [0.1, 0.15) is 19.8 Å². The minimum Gasteiger partial charge on any atom is -0.0654 e. The standard InChI is InChI=1S/C5H11S/c1-3-4-5-6-2/h2-5H2,1H3/q+1. The van der Waals surface area contributed by atoms with E-state index in [2.05, 4.69) is 13.2 Å². The first kappa shape index (κ1) is 6.22. The van der Waals surface area contributed by atoms with E-state index < -0.39 is 0 Å². The summed E-state index contributed by atoms with van der Waals surface area (Å²) in [5.41, 5.74) is 0. The third kappa shape index (κ3) is 4.22. The molecule has 0 aromatic carbocycles. The monoisotopic (exact) mass is 103 g/mol. The summed E-state index contributed by atoms with van der Waals surface area (Å²) in [6, 6.07) is 0. The Morgan fingerprint density at radius 2 is 2.33 bits per heavy atom. The lowest BCUT2D eigenvalue weighted by atomic mass is 10.4. The SMILES string of the molecule is [CH2+]SCCCC. The lowest BCUT2D eigenvalue weighted by molar-refractivity contribution is 0.898. The van der Waals surface area contributed by atoms with Gasteiger partial charge < -0.3 is 0 Å². The van der Waals surface area contributed by atoms with Crippen LogP contribution in [-0.2, 0) is 0 Å². The molecule has 0 rings (SSSR count). The van der Waals surface area contributed by atoms with Crippen molar-refractivity contribution in [3.8, 4) is 0 Å². The fourth-order valence-corrected chi connectivity index (χ4v) is 0.739. The molecular formula is C5H11S+. The van der Waals surface area contributed by atoms with Crippen molar-refractivity contribution in [1.29, 1.82) is 0 Å². The van der Waals surface area contributed by atoms with Gasteiger partial charge in [-0.25, -0.2) is 0 Å². The molecule has 0 radical (unpaired) electrons. The van der Waals surface area contributed by atoms with Crippen molar-refractivity contribution in [3.05, 3.63) is 6.26 Å². The zero-order valence-electron chi connectivity index (χ0n) is 4.24. The molecule has 0 aliphatic rings. The number of thioether (sulfide) groups is 1. The van der Waals surface area contributed by atoms with Crippen molar-refractivity contribution in [2.75, 3.05) is 5.75 Å². The molecule has 0 unspecified atom stereocenters. The van der Waals surface area contributed by atoms with Crippen LogP contribution in [0.25, 0.3) is 0 Å². The fourth-order valence-electron chi connectivity index (χ4n) is 0.246. The zero-order valence-corrected chi connectivity index (χ0v) is 5.05. The van der Waals surface area contributed by atoms with Crippen LogP contribution in [0.2, 0.25) is 0 Å². The minimum absolute atomic E-state index is 1.22. The maximum absolute atomic E-state index is 3.64. The highest BCUT2D eigenvalue weighted by Crippen LogP contribution is 1.98. The van der Waals surface area contributed by atoms with Gasteiger partial charge in [-0.3, -0.25) is 0 Å². The molecule has 0 atom stereocenters. The molecule has 0 saturated carbocycles. The second kappa shape index (κ2) is 5.22. The molecule has 0 nitrogen and oxygen atoms in total. The van der Waals surface area contributed by atoms with Gasteiger partial charge >= 0.3 is 0 Å². The quantitative estimate of drug-likeness (QED) is 0.390. The van der Waals surface area contributed by atoms with Crippen molar-refractivity contribution in [2.45, 2.75) is 19.8 Å². The lowest BCUT2D eigenvalue weighted by Gasteiger charge is -1.80. The van der Waals surface area contributed by atoms with E-state index in [1.807, 2.05) is 0 Å². The molecule has 36 valence electrons. The number of hydrogen-bond acceptors (Lipinski definition) is 1. The predicted octanol–water partition coefficient (Wildman–Crippen LogP) is 2.31. The van der Waals surface area contributed by atoms with Crippen molar-refractivity contribution in [2.24, 2.45) is 0 Å². The molecule has 0 bridgehead atoms. The van der Waals surface area contributed by atoms with Crippen LogP contribution in [0.3, 0.4) is 0 Å². The summed E-state index contributed by atoms with van der Waals surface area (Å²) in [5.74, 6) is 1.22. The molecule has 6 heavy (non-hydrogen) atoms. The average molecular weight is 103 g/mol. The minimum atomic E-state index is 1.22. The summed E-state index contributed by atoms with van der Waals surface area (Å²) < 4.78 is 0. The molecule has 0 fully saturated rings. The van der Waals surface area contributed by atoms with Crippen molar-refractivity contribution >= 4 is 11.8 Å². The Bertz CT molecular complexity index is 15.9. The van der Waals surface area contributed by atoms with Crippen LogP contribution in [0.15, 0.2) is 0 Å². The Morgan fingerprint density at radius 1 is 1.67 bits per heavy atom. The van der Waals surface area contributed by atoms with E-state index in [1.165, 1.54) is 18.6 Å². The van der Waals surface area contributed by atoms with Gasteiger partial charge in [-0.05, 0) is 6.42 Å². The van der Waals surface area contributed by atoms with Gasteiger partial charge in [0.15, 0.2) is 0 Å². The predicted molar refractivity (Wildman–Crippen MR) is 32.7 cm³/mol. The normalized spacial score (nSPS) is 8.83. The summed E-state index contributed by atoms with van der Waals surface area (Å²) >= 11 is 1.68. The third-order valence-electron chi connectivity index (χ3n) is 0.642. The summed E-state index contributed by atoms with van der Waals surface area (Å²) in [5, 5.41) is 0. The van der Waals surface area contributed by atoms with Gasteiger partial charge in [0, 0.05) is 5.75 Å². The number of rotatable bonds is 3. The molecule has 1 heteroatoms. The van der Waals surface area contributed by atoms with Gasteiger partial charge in [0.05, 0.1) is 11.8 Å². The van der Waals surface area contributed by atoms with Gasteiger partial charge in [-0.15, -0.1) is 0 Å². The Morgan fingerprint density at radius 3 is 2.50 bits per heavy atom. The summed E-state index contributed by atoms with van der Waals surface area (Å²) in [4.78, 5) is 0. The highest BCUT2D eigenvalue weighted by atomic mass is 32.2. The largest absolute Gasteiger partial charge is 0.128 e. The van der Waals surface area contributed by atoms with Gasteiger partial charge in [0.1, 0.15) is 6.26 Å². The van der Waals surface area contributed by atoms with E-state index in [4.69, 9.17) is 0 Å². The molecular weight excluding hydrogens is 92.1 g/mol. The zero-order chi connectivity index (χ0) is 4.83. The topological polar surface area (TPSA) is 0 Å². The van der Waals surface area contributed by atoms with Gasteiger partial charge in [0.2, 0.25) is 0 Å². The average Bonchev–Trinajstić information content (AvgIpc) is 1.61. The Labute approximate surface area is 44.3 Å². The first-order chi connectivity index (χ1) is 2.91. The Kier molecular flexibility index (Phi) is 5.41. The summed E-state index contributed by atoms with van der Waals surface area (Å²) in [7, 11) is 0. The second-order valence-electron chi connectivity index (χ2n) is 1.26. The Balaban J connectivity index is 2.34. The van der Waals surface area contributed by atoms with Crippen LogP contribution < -0.4 is 0 Å². The molecule has 0 N–H and O–H groups in total. The highest BCUT2D eigenvalue weighted by molar-refractivity contribution is 8.00. The summed E-state index contributed by atoms with van der Waals surface area (Å²) in [6.45, 7) is 2.19. The highest BCUT2D eigenvalue weighted by Gasteiger charge is 1.81. The lowest BCUT2D eigenvalue weighted by Crippen LogP contribution is -1.70. The molecule has 0 saturated heterocycles. The van der Waals surface area contributed by atoms with Crippen LogP contribution in [-0.4, -0.2) is 5.75 Å². The number of hydrogen-bond donors (Lipinski definition) is 0. The van der Waals surface area contributed by atoms with Crippen molar-refractivity contribution < 1.29 is 0 Å². The number of unbranched alkanes of at least 4 members (excludes halogenated alkanes) is 1. The van der Waals surface area contributed by atoms with Crippen molar-refractivity contribution in [1.82, 2.24) is 0 Å². The van der Waals surface area contributed by atoms with E-state index >= 15 is 0 Å². The van der Waals surface area contributed by atoms with E-state index in [9.17, 15) is 0 Å². The second-order valence-corrected chi connectivity index (χ2v) is 2.08. The van der Waals surface area contributed by atoms with Crippen LogP contribution in [0, 0.1) is 6.26 Å². The molecule has 0 heterocycles. The molecule has 0 amide bonds. The molecule has 0 aromatic rings. The van der Waals surface area contributed by atoms with E-state index in [-0.39, 0.29) is 0 Å². The van der Waals surface area contributed by atoms with E-state index in [0.29, 0.717) is 0 Å². The van der Waals surface area contributed by atoms with Crippen LogP contribution >= 0.6 is 11.8 Å². The van der Waals surface area contributed by atoms with Gasteiger partial charge in [-0.1, -0.05) is 13.3 Å². The third-order valence-corrected chi connectivity index (χ3v) is 1.22. The first-order valence-electron chi connectivity index (χ1n) is 2.28. The van der Waals surface area contributed by atoms with Crippen molar-refractivity contribution in [3.63, 3.8) is 0 Å².